The highest BCUT2D eigenvalue weighted by molar-refractivity contribution is 7.09. The van der Waals surface area contributed by atoms with Crippen LogP contribution in [0.1, 0.15) is 42.7 Å². The minimum absolute atomic E-state index is 0.00765. The first-order valence-electron chi connectivity index (χ1n) is 9.72. The van der Waals surface area contributed by atoms with Crippen LogP contribution < -0.4 is 0 Å². The topological polar surface area (TPSA) is 65.9 Å². The second-order valence-electron chi connectivity index (χ2n) is 7.77. The Balaban J connectivity index is 1.61. The highest BCUT2D eigenvalue weighted by atomic mass is 32.1. The van der Waals surface area contributed by atoms with Crippen LogP contribution in [0.5, 0.6) is 0 Å². The Kier molecular flexibility index (Phi) is 6.66. The van der Waals surface area contributed by atoms with E-state index in [1.165, 1.54) is 0 Å². The van der Waals surface area contributed by atoms with E-state index in [-0.39, 0.29) is 30.6 Å². The number of carbonyl (C=O) groups is 1. The summed E-state index contributed by atoms with van der Waals surface area (Å²) in [6.07, 6.45) is 2.43. The van der Waals surface area contributed by atoms with Crippen molar-refractivity contribution in [3.8, 4) is 0 Å². The fraction of sp³-hybridized carbons (Fsp3) is 0.789. The first kappa shape index (κ1) is 19.7. The van der Waals surface area contributed by atoms with Crippen LogP contribution in [0.15, 0.2) is 5.38 Å². The number of amides is 1. The summed E-state index contributed by atoms with van der Waals surface area (Å²) >= 11 is 1.57. The molecule has 7 heteroatoms. The summed E-state index contributed by atoms with van der Waals surface area (Å²) < 4.78 is 5.81. The molecule has 1 N–H and O–H groups in total. The van der Waals surface area contributed by atoms with Gasteiger partial charge in [0, 0.05) is 50.6 Å². The molecular formula is C19H31N3O3S. The largest absolute Gasteiger partial charge is 0.396 e. The number of likely N-dealkylation sites (tertiary alicyclic amines) is 1. The van der Waals surface area contributed by atoms with Gasteiger partial charge in [-0.15, -0.1) is 11.3 Å². The van der Waals surface area contributed by atoms with Crippen molar-refractivity contribution in [3.05, 3.63) is 16.1 Å². The third-order valence-electron chi connectivity index (χ3n) is 5.32. The summed E-state index contributed by atoms with van der Waals surface area (Å²) in [5, 5.41) is 12.7. The molecule has 26 heavy (non-hydrogen) atoms. The maximum absolute atomic E-state index is 12.8. The first-order valence-corrected chi connectivity index (χ1v) is 10.6. The number of aliphatic hydroxyl groups excluding tert-OH is 1. The van der Waals surface area contributed by atoms with E-state index in [0.29, 0.717) is 24.7 Å². The molecule has 2 fully saturated rings. The lowest BCUT2D eigenvalue weighted by Gasteiger charge is -2.37. The highest BCUT2D eigenvalue weighted by Gasteiger charge is 2.37. The molecule has 0 bridgehead atoms. The maximum atomic E-state index is 12.8. The molecule has 1 aromatic heterocycles. The normalized spacial score (nSPS) is 30.1. The number of aromatic nitrogens is 1. The molecule has 4 atom stereocenters. The van der Waals surface area contributed by atoms with Gasteiger partial charge < -0.3 is 14.7 Å². The molecule has 3 heterocycles. The van der Waals surface area contributed by atoms with Crippen LogP contribution in [0.2, 0.25) is 0 Å². The van der Waals surface area contributed by atoms with Gasteiger partial charge in [-0.2, -0.15) is 0 Å². The standard InChI is InChI=1S/C19H31N3O3S/c1-4-5-18-20-17(12-26-18)19(24)22-9-15(16(10-22)11-23)8-21-6-13(2)25-14(3)7-21/h12-16,23H,4-11H2,1-3H3/t13-,14+,15-,16-/m1/s1. The maximum Gasteiger partial charge on any atom is 0.273 e. The van der Waals surface area contributed by atoms with Crippen LogP contribution in [0.3, 0.4) is 0 Å². The number of hydrogen-bond acceptors (Lipinski definition) is 6. The van der Waals surface area contributed by atoms with Crippen LogP contribution >= 0.6 is 11.3 Å². The minimum Gasteiger partial charge on any atom is -0.396 e. The molecule has 6 nitrogen and oxygen atoms in total. The van der Waals surface area contributed by atoms with Crippen molar-refractivity contribution in [2.45, 2.75) is 45.8 Å². The zero-order valence-corrected chi connectivity index (χ0v) is 16.9. The summed E-state index contributed by atoms with van der Waals surface area (Å²) in [7, 11) is 0. The average Bonchev–Trinajstić information content (AvgIpc) is 3.20. The van der Waals surface area contributed by atoms with Crippen molar-refractivity contribution in [1.82, 2.24) is 14.8 Å². The van der Waals surface area contributed by atoms with Gasteiger partial charge in [0.25, 0.3) is 5.91 Å². The predicted molar refractivity (Wildman–Crippen MR) is 103 cm³/mol. The van der Waals surface area contributed by atoms with Crippen molar-refractivity contribution in [2.75, 3.05) is 39.3 Å². The first-order chi connectivity index (χ1) is 12.5. The second kappa shape index (κ2) is 8.78. The molecule has 0 spiro atoms. The van der Waals surface area contributed by atoms with E-state index in [1.807, 2.05) is 10.3 Å². The van der Waals surface area contributed by atoms with E-state index in [4.69, 9.17) is 4.74 Å². The minimum atomic E-state index is 0.00765. The summed E-state index contributed by atoms with van der Waals surface area (Å²) in [4.78, 5) is 21.6. The Morgan fingerprint density at radius 1 is 1.27 bits per heavy atom. The van der Waals surface area contributed by atoms with Gasteiger partial charge in [0.15, 0.2) is 0 Å². The number of morpholine rings is 1. The van der Waals surface area contributed by atoms with Gasteiger partial charge >= 0.3 is 0 Å². The van der Waals surface area contributed by atoms with E-state index in [0.717, 1.165) is 37.5 Å². The third-order valence-corrected chi connectivity index (χ3v) is 6.23. The molecule has 0 aliphatic carbocycles. The Labute approximate surface area is 160 Å². The van der Waals surface area contributed by atoms with E-state index >= 15 is 0 Å². The summed E-state index contributed by atoms with van der Waals surface area (Å²) in [5.74, 6) is 0.449. The molecule has 2 aliphatic heterocycles. The number of thiazole rings is 1. The van der Waals surface area contributed by atoms with Gasteiger partial charge in [0.05, 0.1) is 17.2 Å². The van der Waals surface area contributed by atoms with Gasteiger partial charge in [0.1, 0.15) is 5.69 Å². The lowest BCUT2D eigenvalue weighted by Crippen LogP contribution is -2.48. The SMILES string of the molecule is CCCc1nc(C(=O)N2C[C@@H](CN3C[C@@H](C)O[C@@H](C)C3)[C@@H](CO)C2)cs1. The van der Waals surface area contributed by atoms with Crippen molar-refractivity contribution in [3.63, 3.8) is 0 Å². The molecule has 0 radical (unpaired) electrons. The zero-order valence-electron chi connectivity index (χ0n) is 16.1. The van der Waals surface area contributed by atoms with Crippen molar-refractivity contribution >= 4 is 17.2 Å². The third kappa shape index (κ3) is 4.63. The Hall–Kier alpha value is -1.02. The number of hydrogen-bond donors (Lipinski definition) is 1. The number of aryl methyl sites for hydroxylation is 1. The molecular weight excluding hydrogens is 350 g/mol. The van der Waals surface area contributed by atoms with Gasteiger partial charge in [0.2, 0.25) is 0 Å². The van der Waals surface area contributed by atoms with Crippen LogP contribution in [-0.2, 0) is 11.2 Å². The smallest absolute Gasteiger partial charge is 0.273 e. The van der Waals surface area contributed by atoms with Gasteiger partial charge in [-0.25, -0.2) is 4.98 Å². The number of nitrogens with zero attached hydrogens (tertiary/aromatic N) is 3. The van der Waals surface area contributed by atoms with E-state index in [2.05, 4.69) is 30.7 Å². The molecule has 1 amide bonds. The lowest BCUT2D eigenvalue weighted by molar-refractivity contribution is -0.0726. The monoisotopic (exact) mass is 381 g/mol. The van der Waals surface area contributed by atoms with Gasteiger partial charge in [-0.05, 0) is 32.6 Å². The quantitative estimate of drug-likeness (QED) is 0.815. The van der Waals surface area contributed by atoms with E-state index in [9.17, 15) is 9.90 Å². The number of ether oxygens (including phenoxy) is 1. The predicted octanol–water partition coefficient (Wildman–Crippen LogP) is 1.89. The van der Waals surface area contributed by atoms with Gasteiger partial charge in [-0.1, -0.05) is 6.92 Å². The molecule has 0 unspecified atom stereocenters. The van der Waals surface area contributed by atoms with Crippen LogP contribution in [0, 0.1) is 11.8 Å². The molecule has 1 aromatic rings. The molecule has 0 saturated carbocycles. The Bertz CT molecular complexity index is 599. The summed E-state index contributed by atoms with van der Waals surface area (Å²) in [6.45, 7) is 10.5. The van der Waals surface area contributed by atoms with Crippen molar-refractivity contribution in [2.24, 2.45) is 11.8 Å². The van der Waals surface area contributed by atoms with E-state index < -0.39 is 0 Å². The summed E-state index contributed by atoms with van der Waals surface area (Å²) in [6, 6.07) is 0. The van der Waals surface area contributed by atoms with Crippen LogP contribution in [0.25, 0.3) is 0 Å². The van der Waals surface area contributed by atoms with Crippen molar-refractivity contribution in [1.29, 1.82) is 0 Å². The molecule has 2 saturated heterocycles. The second-order valence-corrected chi connectivity index (χ2v) is 8.71. The average molecular weight is 382 g/mol. The molecule has 146 valence electrons. The van der Waals surface area contributed by atoms with E-state index in [1.54, 1.807) is 11.3 Å². The number of carbonyl (C=O) groups excluding carboxylic acids is 1. The lowest BCUT2D eigenvalue weighted by atomic mass is 9.96. The van der Waals surface area contributed by atoms with Gasteiger partial charge in [-0.3, -0.25) is 9.69 Å². The van der Waals surface area contributed by atoms with Crippen LogP contribution in [-0.4, -0.2) is 77.3 Å². The Morgan fingerprint density at radius 3 is 2.62 bits per heavy atom. The number of aliphatic hydroxyl groups is 1. The molecule has 0 aromatic carbocycles. The number of rotatable bonds is 6. The Morgan fingerprint density at radius 2 is 1.96 bits per heavy atom. The van der Waals surface area contributed by atoms with Crippen LogP contribution in [0.4, 0.5) is 0 Å². The fourth-order valence-corrected chi connectivity index (χ4v) is 5.06. The molecule has 2 aliphatic rings. The zero-order chi connectivity index (χ0) is 18.7. The molecule has 3 rings (SSSR count). The summed E-state index contributed by atoms with van der Waals surface area (Å²) in [5.41, 5.74) is 0.560. The highest BCUT2D eigenvalue weighted by Crippen LogP contribution is 2.27. The fourth-order valence-electron chi connectivity index (χ4n) is 4.18. The van der Waals surface area contributed by atoms with Crippen molar-refractivity contribution < 1.29 is 14.6 Å².